The van der Waals surface area contributed by atoms with E-state index in [0.717, 1.165) is 12.7 Å². The predicted molar refractivity (Wildman–Crippen MR) is 56.1 cm³/mol. The molecular formula is C10H9NO4S. The molecule has 0 fully saturated rings. The zero-order valence-corrected chi connectivity index (χ0v) is 9.27. The maximum absolute atomic E-state index is 11.3. The molecule has 0 aliphatic rings. The highest BCUT2D eigenvalue weighted by atomic mass is 32.2. The summed E-state index contributed by atoms with van der Waals surface area (Å²) in [5.74, 6) is 0.385. The van der Waals surface area contributed by atoms with Crippen molar-refractivity contribution in [2.45, 2.75) is 5.03 Å². The van der Waals surface area contributed by atoms with Crippen LogP contribution in [-0.4, -0.2) is 20.7 Å². The summed E-state index contributed by atoms with van der Waals surface area (Å²) < 4.78 is 31.9. The second-order valence-corrected chi connectivity index (χ2v) is 4.68. The number of nitrogens with zero attached hydrogens (tertiary/aromatic N) is 1. The topological polar surface area (TPSA) is 69.4 Å². The fraction of sp³-hybridized carbons (Fsp3) is 0.100. The maximum atomic E-state index is 11.3. The van der Waals surface area contributed by atoms with Crippen molar-refractivity contribution in [1.29, 1.82) is 0 Å². The molecule has 1 aromatic carbocycles. The van der Waals surface area contributed by atoms with Gasteiger partial charge in [0.15, 0.2) is 5.76 Å². The Balaban J connectivity index is 2.42. The summed E-state index contributed by atoms with van der Waals surface area (Å²) in [6.45, 7) is 0. The number of hydrogen-bond donors (Lipinski definition) is 0. The van der Waals surface area contributed by atoms with Gasteiger partial charge in [-0.15, -0.1) is 0 Å². The van der Waals surface area contributed by atoms with Gasteiger partial charge in [-0.05, 0) is 0 Å². The Kier molecular flexibility index (Phi) is 2.76. The number of rotatable bonds is 3. The number of aromatic nitrogens is 1. The summed E-state index contributed by atoms with van der Waals surface area (Å²) in [6.07, 6.45) is 0. The van der Waals surface area contributed by atoms with Gasteiger partial charge >= 0.3 is 10.1 Å². The van der Waals surface area contributed by atoms with Crippen molar-refractivity contribution in [3.63, 3.8) is 0 Å². The smallest absolute Gasteiger partial charge is 0.317 e. The van der Waals surface area contributed by atoms with Crippen LogP contribution in [0.2, 0.25) is 0 Å². The molecule has 0 atom stereocenters. The molecule has 6 heteroatoms. The minimum atomic E-state index is -3.79. The maximum Gasteiger partial charge on any atom is 0.317 e. The highest BCUT2D eigenvalue weighted by molar-refractivity contribution is 7.86. The fourth-order valence-electron chi connectivity index (χ4n) is 1.20. The molecule has 0 radical (unpaired) electrons. The van der Waals surface area contributed by atoms with Crippen LogP contribution >= 0.6 is 0 Å². The van der Waals surface area contributed by atoms with Gasteiger partial charge in [-0.1, -0.05) is 35.5 Å². The average molecular weight is 239 g/mol. The molecule has 0 saturated heterocycles. The van der Waals surface area contributed by atoms with Crippen molar-refractivity contribution in [1.82, 2.24) is 5.16 Å². The first-order valence-electron chi connectivity index (χ1n) is 4.46. The Morgan fingerprint density at radius 3 is 2.56 bits per heavy atom. The molecule has 2 aromatic rings. The predicted octanol–water partition coefficient (Wildman–Crippen LogP) is 1.68. The lowest BCUT2D eigenvalue weighted by Crippen LogP contribution is -2.02. The Bertz CT molecular complexity index is 574. The van der Waals surface area contributed by atoms with Crippen molar-refractivity contribution in [2.75, 3.05) is 7.11 Å². The molecule has 0 N–H and O–H groups in total. The number of benzene rings is 1. The fourth-order valence-corrected chi connectivity index (χ4v) is 1.75. The van der Waals surface area contributed by atoms with E-state index in [4.69, 9.17) is 4.52 Å². The first kappa shape index (κ1) is 10.8. The third-order valence-corrected chi connectivity index (χ3v) is 3.17. The monoisotopic (exact) mass is 239 g/mol. The van der Waals surface area contributed by atoms with E-state index in [0.29, 0.717) is 5.76 Å². The van der Waals surface area contributed by atoms with Crippen molar-refractivity contribution in [3.8, 4) is 11.3 Å². The molecule has 16 heavy (non-hydrogen) atoms. The van der Waals surface area contributed by atoms with Gasteiger partial charge in [-0.25, -0.2) is 0 Å². The third kappa shape index (κ3) is 1.98. The van der Waals surface area contributed by atoms with Gasteiger partial charge in [-0.3, -0.25) is 4.18 Å². The van der Waals surface area contributed by atoms with Gasteiger partial charge in [0, 0.05) is 11.6 Å². The first-order chi connectivity index (χ1) is 7.63. The second-order valence-electron chi connectivity index (χ2n) is 3.02. The molecule has 1 heterocycles. The largest absolute Gasteiger partial charge is 0.355 e. The summed E-state index contributed by atoms with van der Waals surface area (Å²) in [6, 6.07) is 10.4. The molecule has 2 rings (SSSR count). The molecule has 0 unspecified atom stereocenters. The lowest BCUT2D eigenvalue weighted by molar-refractivity contribution is 0.375. The van der Waals surface area contributed by atoms with Crippen LogP contribution in [-0.2, 0) is 14.3 Å². The lowest BCUT2D eigenvalue weighted by Gasteiger charge is -1.92. The Morgan fingerprint density at radius 1 is 1.25 bits per heavy atom. The summed E-state index contributed by atoms with van der Waals surface area (Å²) in [7, 11) is -2.71. The van der Waals surface area contributed by atoms with Crippen molar-refractivity contribution < 1.29 is 17.1 Å². The van der Waals surface area contributed by atoms with E-state index in [1.54, 1.807) is 12.1 Å². The molecule has 0 saturated carbocycles. The van der Waals surface area contributed by atoms with Crippen LogP contribution < -0.4 is 0 Å². The summed E-state index contributed by atoms with van der Waals surface area (Å²) in [5.41, 5.74) is 0.757. The van der Waals surface area contributed by atoms with E-state index in [2.05, 4.69) is 9.34 Å². The SMILES string of the molecule is COS(=O)(=O)c1cc(-c2ccccc2)on1. The molecule has 0 aliphatic heterocycles. The molecule has 0 aliphatic carbocycles. The zero-order valence-electron chi connectivity index (χ0n) is 8.45. The van der Waals surface area contributed by atoms with Crippen LogP contribution in [0.25, 0.3) is 11.3 Å². The van der Waals surface area contributed by atoms with Crippen LogP contribution in [0, 0.1) is 0 Å². The lowest BCUT2D eigenvalue weighted by atomic mass is 10.2. The standard InChI is InChI=1S/C10H9NO4S/c1-14-16(12,13)10-7-9(15-11-10)8-5-3-2-4-6-8/h2-7H,1H3. The Hall–Kier alpha value is -1.66. The van der Waals surface area contributed by atoms with E-state index < -0.39 is 10.1 Å². The van der Waals surface area contributed by atoms with Crippen LogP contribution in [0.15, 0.2) is 45.9 Å². The van der Waals surface area contributed by atoms with Crippen molar-refractivity contribution in [2.24, 2.45) is 0 Å². The van der Waals surface area contributed by atoms with E-state index >= 15 is 0 Å². The van der Waals surface area contributed by atoms with Gasteiger partial charge in [0.2, 0.25) is 5.03 Å². The van der Waals surface area contributed by atoms with E-state index in [-0.39, 0.29) is 5.03 Å². The molecule has 0 amide bonds. The quantitative estimate of drug-likeness (QED) is 0.762. The normalized spacial score (nSPS) is 11.6. The third-order valence-electron chi connectivity index (χ3n) is 2.02. The zero-order chi connectivity index (χ0) is 11.6. The molecule has 1 aromatic heterocycles. The highest BCUT2D eigenvalue weighted by Gasteiger charge is 2.19. The van der Waals surface area contributed by atoms with Crippen LogP contribution in [0.5, 0.6) is 0 Å². The van der Waals surface area contributed by atoms with Gasteiger partial charge in [-0.2, -0.15) is 8.42 Å². The minimum absolute atomic E-state index is 0.228. The van der Waals surface area contributed by atoms with Crippen molar-refractivity contribution >= 4 is 10.1 Å². The summed E-state index contributed by atoms with van der Waals surface area (Å²) in [4.78, 5) is 0. The Labute approximate surface area is 92.8 Å². The molecule has 0 bridgehead atoms. The molecular weight excluding hydrogens is 230 g/mol. The van der Waals surface area contributed by atoms with Gasteiger partial charge < -0.3 is 4.52 Å². The van der Waals surface area contributed by atoms with E-state index in [1.807, 2.05) is 18.2 Å². The van der Waals surface area contributed by atoms with Crippen LogP contribution in [0.3, 0.4) is 0 Å². The van der Waals surface area contributed by atoms with Crippen LogP contribution in [0.1, 0.15) is 0 Å². The second kappa shape index (κ2) is 4.07. The number of hydrogen-bond acceptors (Lipinski definition) is 5. The first-order valence-corrected chi connectivity index (χ1v) is 5.87. The highest BCUT2D eigenvalue weighted by Crippen LogP contribution is 2.22. The van der Waals surface area contributed by atoms with E-state index in [9.17, 15) is 8.42 Å². The summed E-state index contributed by atoms with van der Waals surface area (Å²) >= 11 is 0. The van der Waals surface area contributed by atoms with E-state index in [1.165, 1.54) is 6.07 Å². The van der Waals surface area contributed by atoms with Crippen LogP contribution in [0.4, 0.5) is 0 Å². The van der Waals surface area contributed by atoms with Gasteiger partial charge in [0.05, 0.1) is 7.11 Å². The Morgan fingerprint density at radius 2 is 1.94 bits per heavy atom. The molecule has 0 spiro atoms. The molecule has 5 nitrogen and oxygen atoms in total. The summed E-state index contributed by atoms with van der Waals surface area (Å²) in [5, 5.41) is 3.22. The van der Waals surface area contributed by atoms with Gasteiger partial charge in [0.25, 0.3) is 0 Å². The van der Waals surface area contributed by atoms with Crippen molar-refractivity contribution in [3.05, 3.63) is 36.4 Å². The average Bonchev–Trinajstić information content (AvgIpc) is 2.80. The molecule has 84 valence electrons. The minimum Gasteiger partial charge on any atom is -0.355 e. The van der Waals surface area contributed by atoms with Gasteiger partial charge in [0.1, 0.15) is 0 Å².